The minimum absolute atomic E-state index is 0.111. The maximum absolute atomic E-state index is 9.33. The number of nitrogens with two attached hydrogens (primary N) is 1. The molecule has 2 unspecified atom stereocenters. The summed E-state index contributed by atoms with van der Waals surface area (Å²) in [5.74, 6) is 0. The Morgan fingerprint density at radius 2 is 2.11 bits per heavy atom. The lowest BCUT2D eigenvalue weighted by molar-refractivity contribution is 0.0470. The molecule has 2 aliphatic heterocycles. The molecular formula is C15H31N3O. The summed E-state index contributed by atoms with van der Waals surface area (Å²) in [5, 5.41) is 9.33. The van der Waals surface area contributed by atoms with E-state index in [2.05, 4.69) is 16.7 Å². The first-order chi connectivity index (χ1) is 9.17. The molecule has 0 spiro atoms. The van der Waals surface area contributed by atoms with Gasteiger partial charge in [0.15, 0.2) is 0 Å². The molecule has 0 aliphatic carbocycles. The van der Waals surface area contributed by atoms with Crippen molar-refractivity contribution in [1.29, 1.82) is 0 Å². The Balaban J connectivity index is 1.69. The van der Waals surface area contributed by atoms with Crippen molar-refractivity contribution in [1.82, 2.24) is 9.80 Å². The molecule has 0 saturated carbocycles. The molecule has 19 heavy (non-hydrogen) atoms. The average Bonchev–Trinajstić information content (AvgIpc) is 2.47. The number of piperazine rings is 1. The molecule has 4 heteroatoms. The van der Waals surface area contributed by atoms with E-state index in [0.717, 1.165) is 31.8 Å². The highest BCUT2D eigenvalue weighted by Crippen LogP contribution is 2.21. The van der Waals surface area contributed by atoms with Crippen molar-refractivity contribution in [2.24, 2.45) is 5.73 Å². The molecule has 2 heterocycles. The van der Waals surface area contributed by atoms with Gasteiger partial charge in [0.1, 0.15) is 0 Å². The smallest absolute Gasteiger partial charge is 0.0611 e. The summed E-state index contributed by atoms with van der Waals surface area (Å²) in [6, 6.07) is 0.800. The Kier molecular flexibility index (Phi) is 5.63. The van der Waals surface area contributed by atoms with Crippen LogP contribution in [0.4, 0.5) is 0 Å². The molecule has 2 saturated heterocycles. The lowest BCUT2D eigenvalue weighted by Crippen LogP contribution is -2.55. The summed E-state index contributed by atoms with van der Waals surface area (Å²) in [7, 11) is 0. The summed E-state index contributed by atoms with van der Waals surface area (Å²) >= 11 is 0. The Morgan fingerprint density at radius 1 is 1.26 bits per heavy atom. The predicted octanol–water partition coefficient (Wildman–Crippen LogP) is 1.04. The second kappa shape index (κ2) is 7.02. The molecule has 0 aromatic heterocycles. The third-order valence-corrected chi connectivity index (χ3v) is 5.09. The third-order valence-electron chi connectivity index (χ3n) is 5.09. The lowest BCUT2D eigenvalue weighted by atomic mass is 9.92. The third kappa shape index (κ3) is 4.15. The molecule has 3 N–H and O–H groups in total. The van der Waals surface area contributed by atoms with Crippen LogP contribution in [0.25, 0.3) is 0 Å². The topological polar surface area (TPSA) is 52.7 Å². The van der Waals surface area contributed by atoms with Crippen molar-refractivity contribution in [3.05, 3.63) is 0 Å². The van der Waals surface area contributed by atoms with Gasteiger partial charge in [-0.1, -0.05) is 13.3 Å². The van der Waals surface area contributed by atoms with Crippen LogP contribution in [-0.2, 0) is 0 Å². The zero-order valence-electron chi connectivity index (χ0n) is 12.5. The summed E-state index contributed by atoms with van der Waals surface area (Å²) in [5.41, 5.74) is 5.79. The first-order valence-electron chi connectivity index (χ1n) is 8.03. The number of hydrogen-bond acceptors (Lipinski definition) is 4. The Labute approximate surface area is 117 Å². The molecule has 112 valence electrons. The van der Waals surface area contributed by atoms with Crippen LogP contribution >= 0.6 is 0 Å². The van der Waals surface area contributed by atoms with E-state index < -0.39 is 0 Å². The van der Waals surface area contributed by atoms with Crippen molar-refractivity contribution in [3.8, 4) is 0 Å². The molecule has 4 nitrogen and oxygen atoms in total. The van der Waals surface area contributed by atoms with Gasteiger partial charge in [-0.2, -0.15) is 0 Å². The fraction of sp³-hybridized carbons (Fsp3) is 1.00. The van der Waals surface area contributed by atoms with Crippen LogP contribution in [-0.4, -0.2) is 65.8 Å². The molecule has 0 aromatic rings. The second-order valence-corrected chi connectivity index (χ2v) is 6.46. The molecular weight excluding hydrogens is 238 g/mol. The Bertz CT molecular complexity index is 268. The number of nitrogens with zero attached hydrogens (tertiary/aromatic N) is 2. The largest absolute Gasteiger partial charge is 0.394 e. The molecule has 2 fully saturated rings. The number of hydrogen-bond donors (Lipinski definition) is 2. The molecule has 0 aromatic carbocycles. The van der Waals surface area contributed by atoms with Crippen LogP contribution in [0.3, 0.4) is 0 Å². The van der Waals surface area contributed by atoms with Gasteiger partial charge in [0.25, 0.3) is 0 Å². The second-order valence-electron chi connectivity index (χ2n) is 6.46. The highest BCUT2D eigenvalue weighted by atomic mass is 16.3. The van der Waals surface area contributed by atoms with E-state index in [1.54, 1.807) is 0 Å². The minimum atomic E-state index is -0.355. The van der Waals surface area contributed by atoms with Crippen LogP contribution in [0.5, 0.6) is 0 Å². The zero-order chi connectivity index (χ0) is 13.7. The minimum Gasteiger partial charge on any atom is -0.394 e. The van der Waals surface area contributed by atoms with E-state index in [-0.39, 0.29) is 12.1 Å². The summed E-state index contributed by atoms with van der Waals surface area (Å²) in [6.07, 6.45) is 7.08. The average molecular weight is 269 g/mol. The maximum Gasteiger partial charge on any atom is 0.0611 e. The summed E-state index contributed by atoms with van der Waals surface area (Å²) in [4.78, 5) is 5.27. The maximum atomic E-state index is 9.33. The fourth-order valence-corrected chi connectivity index (χ4v) is 3.45. The van der Waals surface area contributed by atoms with Crippen molar-refractivity contribution in [3.63, 3.8) is 0 Å². The monoisotopic (exact) mass is 269 g/mol. The Hall–Kier alpha value is -0.160. The first-order valence-corrected chi connectivity index (χ1v) is 8.03. The van der Waals surface area contributed by atoms with Gasteiger partial charge in [-0.15, -0.1) is 0 Å². The molecule has 0 bridgehead atoms. The van der Waals surface area contributed by atoms with Gasteiger partial charge in [0.2, 0.25) is 0 Å². The number of aliphatic hydroxyl groups excluding tert-OH is 1. The van der Waals surface area contributed by atoms with E-state index in [0.29, 0.717) is 0 Å². The summed E-state index contributed by atoms with van der Waals surface area (Å²) in [6.45, 7) is 8.32. The molecule has 0 radical (unpaired) electrons. The van der Waals surface area contributed by atoms with Crippen LogP contribution in [0.2, 0.25) is 0 Å². The van der Waals surface area contributed by atoms with Gasteiger partial charge >= 0.3 is 0 Å². The van der Waals surface area contributed by atoms with Crippen molar-refractivity contribution in [2.75, 3.05) is 39.3 Å². The molecule has 0 amide bonds. The zero-order valence-corrected chi connectivity index (χ0v) is 12.5. The van der Waals surface area contributed by atoms with E-state index in [9.17, 15) is 5.11 Å². The van der Waals surface area contributed by atoms with Crippen molar-refractivity contribution in [2.45, 2.75) is 57.0 Å². The quantitative estimate of drug-likeness (QED) is 0.756. The van der Waals surface area contributed by atoms with Crippen LogP contribution < -0.4 is 5.73 Å². The van der Waals surface area contributed by atoms with Gasteiger partial charge in [-0.05, 0) is 45.2 Å². The van der Waals surface area contributed by atoms with E-state index in [1.165, 1.54) is 45.4 Å². The highest BCUT2D eigenvalue weighted by molar-refractivity contribution is 4.86. The number of rotatable bonds is 6. The SMILES string of the molecule is CCC(N)(CO)CCCN1CCN2CCCCC2C1. The van der Waals surface area contributed by atoms with E-state index in [4.69, 9.17) is 5.73 Å². The van der Waals surface area contributed by atoms with Gasteiger partial charge in [0.05, 0.1) is 6.61 Å². The van der Waals surface area contributed by atoms with Gasteiger partial charge < -0.3 is 15.7 Å². The standard InChI is InChI=1S/C15H31N3O/c1-2-15(16,13-19)7-5-8-17-10-11-18-9-4-3-6-14(18)12-17/h14,19H,2-13,16H2,1H3. The number of fused-ring (bicyclic) bond motifs is 1. The first kappa shape index (κ1) is 15.2. The van der Waals surface area contributed by atoms with Gasteiger partial charge in [0, 0.05) is 31.2 Å². The molecule has 2 rings (SSSR count). The van der Waals surface area contributed by atoms with Crippen LogP contribution in [0.1, 0.15) is 45.4 Å². The Morgan fingerprint density at radius 3 is 2.84 bits per heavy atom. The predicted molar refractivity (Wildman–Crippen MR) is 79.2 cm³/mol. The number of piperidine rings is 1. The molecule has 2 aliphatic rings. The normalized spacial score (nSPS) is 28.9. The van der Waals surface area contributed by atoms with E-state index in [1.807, 2.05) is 0 Å². The van der Waals surface area contributed by atoms with Crippen molar-refractivity contribution < 1.29 is 5.11 Å². The van der Waals surface area contributed by atoms with Gasteiger partial charge in [-0.3, -0.25) is 4.90 Å². The van der Waals surface area contributed by atoms with Crippen molar-refractivity contribution >= 4 is 0 Å². The summed E-state index contributed by atoms with van der Waals surface area (Å²) < 4.78 is 0. The van der Waals surface area contributed by atoms with E-state index >= 15 is 0 Å². The fourth-order valence-electron chi connectivity index (χ4n) is 3.45. The molecule has 2 atom stereocenters. The van der Waals surface area contributed by atoms with Crippen LogP contribution in [0.15, 0.2) is 0 Å². The van der Waals surface area contributed by atoms with Gasteiger partial charge in [-0.25, -0.2) is 0 Å². The van der Waals surface area contributed by atoms with Crippen LogP contribution in [0, 0.1) is 0 Å². The number of aliphatic hydroxyl groups is 1. The lowest BCUT2D eigenvalue weighted by Gasteiger charge is -2.44. The highest BCUT2D eigenvalue weighted by Gasteiger charge is 2.29.